The van der Waals surface area contributed by atoms with Gasteiger partial charge in [0.25, 0.3) is 0 Å². The summed E-state index contributed by atoms with van der Waals surface area (Å²) in [6, 6.07) is 13.9. The smallest absolute Gasteiger partial charge is 0.228 e. The number of aromatic nitrogens is 1. The Bertz CT molecular complexity index is 940. The Morgan fingerprint density at radius 1 is 1.24 bits per heavy atom. The van der Waals surface area contributed by atoms with E-state index >= 15 is 0 Å². The summed E-state index contributed by atoms with van der Waals surface area (Å²) in [7, 11) is 0. The lowest BCUT2D eigenvalue weighted by molar-refractivity contribution is -0.115. The number of hydrogen-bond acceptors (Lipinski definition) is 2. The van der Waals surface area contributed by atoms with Crippen LogP contribution in [0.1, 0.15) is 31.4 Å². The standard InChI is InChI=1S/C21H22N2O2/c1-21(2)10-8-15-12-14(6-7-19(15)25-21)13-20(24)23-18-5-3-4-17-16(18)9-11-22-17/h3-7,9,11-12,22H,8,10,13H2,1-2H3,(H,23,24). The molecule has 4 heteroatoms. The summed E-state index contributed by atoms with van der Waals surface area (Å²) in [5, 5.41) is 4.05. The number of amides is 1. The van der Waals surface area contributed by atoms with Gasteiger partial charge < -0.3 is 15.0 Å². The number of carbonyl (C=O) groups excluding carboxylic acids is 1. The zero-order chi connectivity index (χ0) is 17.4. The van der Waals surface area contributed by atoms with Gasteiger partial charge in [0.1, 0.15) is 11.4 Å². The summed E-state index contributed by atoms with van der Waals surface area (Å²) in [6.07, 6.45) is 4.22. The number of aromatic amines is 1. The summed E-state index contributed by atoms with van der Waals surface area (Å²) >= 11 is 0. The van der Waals surface area contributed by atoms with E-state index in [4.69, 9.17) is 4.74 Å². The number of fused-ring (bicyclic) bond motifs is 2. The molecule has 1 aromatic heterocycles. The Balaban J connectivity index is 1.49. The third-order valence-electron chi connectivity index (χ3n) is 4.74. The average molecular weight is 334 g/mol. The minimum atomic E-state index is -0.110. The van der Waals surface area contributed by atoms with Crippen molar-refractivity contribution in [2.24, 2.45) is 0 Å². The molecule has 4 nitrogen and oxygen atoms in total. The van der Waals surface area contributed by atoms with Gasteiger partial charge in [0, 0.05) is 17.1 Å². The van der Waals surface area contributed by atoms with Crippen LogP contribution in [0.3, 0.4) is 0 Å². The Labute approximate surface area is 147 Å². The molecule has 4 rings (SSSR count). The molecule has 0 saturated carbocycles. The van der Waals surface area contributed by atoms with E-state index in [0.29, 0.717) is 6.42 Å². The van der Waals surface area contributed by atoms with Crippen LogP contribution in [0, 0.1) is 0 Å². The lowest BCUT2D eigenvalue weighted by Crippen LogP contribution is -2.32. The van der Waals surface area contributed by atoms with Crippen LogP contribution in [0.2, 0.25) is 0 Å². The number of aryl methyl sites for hydroxylation is 1. The maximum Gasteiger partial charge on any atom is 0.228 e. The highest BCUT2D eigenvalue weighted by molar-refractivity contribution is 6.01. The van der Waals surface area contributed by atoms with Gasteiger partial charge in [-0.15, -0.1) is 0 Å². The lowest BCUT2D eigenvalue weighted by atomic mass is 9.93. The van der Waals surface area contributed by atoms with Crippen molar-refractivity contribution in [3.63, 3.8) is 0 Å². The Hall–Kier alpha value is -2.75. The average Bonchev–Trinajstić information content (AvgIpc) is 3.04. The van der Waals surface area contributed by atoms with Crippen LogP contribution >= 0.6 is 0 Å². The predicted octanol–water partition coefficient (Wildman–Crippen LogP) is 4.45. The van der Waals surface area contributed by atoms with E-state index in [-0.39, 0.29) is 11.5 Å². The van der Waals surface area contributed by atoms with Crippen LogP contribution in [0.5, 0.6) is 5.75 Å². The molecule has 0 bridgehead atoms. The van der Waals surface area contributed by atoms with E-state index in [2.05, 4.69) is 30.2 Å². The molecule has 3 aromatic rings. The van der Waals surface area contributed by atoms with Gasteiger partial charge >= 0.3 is 0 Å². The second-order valence-electron chi connectivity index (χ2n) is 7.27. The van der Waals surface area contributed by atoms with Crippen LogP contribution in [-0.4, -0.2) is 16.5 Å². The molecule has 0 radical (unpaired) electrons. The number of rotatable bonds is 3. The van der Waals surface area contributed by atoms with Crippen molar-refractivity contribution < 1.29 is 9.53 Å². The summed E-state index contributed by atoms with van der Waals surface area (Å²) in [5.41, 5.74) is 3.96. The number of hydrogen-bond donors (Lipinski definition) is 2. The highest BCUT2D eigenvalue weighted by Crippen LogP contribution is 2.33. The van der Waals surface area contributed by atoms with Gasteiger partial charge in [-0.3, -0.25) is 4.79 Å². The SMILES string of the molecule is CC1(C)CCc2cc(CC(=O)Nc3cccc4[nH]ccc34)ccc2O1. The molecule has 0 aliphatic carbocycles. The summed E-state index contributed by atoms with van der Waals surface area (Å²) in [4.78, 5) is 15.6. The summed E-state index contributed by atoms with van der Waals surface area (Å²) < 4.78 is 6.01. The summed E-state index contributed by atoms with van der Waals surface area (Å²) in [5.74, 6) is 0.934. The second-order valence-corrected chi connectivity index (χ2v) is 7.27. The quantitative estimate of drug-likeness (QED) is 0.743. The molecule has 0 atom stereocenters. The molecule has 0 saturated heterocycles. The molecule has 0 fully saturated rings. The van der Waals surface area contributed by atoms with E-state index in [1.807, 2.05) is 42.6 Å². The maximum atomic E-state index is 12.5. The van der Waals surface area contributed by atoms with Crippen LogP contribution in [0.15, 0.2) is 48.7 Å². The van der Waals surface area contributed by atoms with Crippen molar-refractivity contribution in [1.29, 1.82) is 0 Å². The van der Waals surface area contributed by atoms with E-state index in [1.165, 1.54) is 5.56 Å². The fraction of sp³-hybridized carbons (Fsp3) is 0.286. The summed E-state index contributed by atoms with van der Waals surface area (Å²) in [6.45, 7) is 4.22. The largest absolute Gasteiger partial charge is 0.488 e. The molecular weight excluding hydrogens is 312 g/mol. The first-order valence-corrected chi connectivity index (χ1v) is 8.67. The number of ether oxygens (including phenoxy) is 1. The Morgan fingerprint density at radius 3 is 3.00 bits per heavy atom. The fourth-order valence-electron chi connectivity index (χ4n) is 3.40. The first-order chi connectivity index (χ1) is 12.0. The van der Waals surface area contributed by atoms with Gasteiger partial charge in [-0.2, -0.15) is 0 Å². The van der Waals surface area contributed by atoms with Gasteiger partial charge in [-0.05, 0) is 62.1 Å². The van der Waals surface area contributed by atoms with E-state index in [1.54, 1.807) is 0 Å². The van der Waals surface area contributed by atoms with Crippen molar-refractivity contribution in [3.8, 4) is 5.75 Å². The van der Waals surface area contributed by atoms with Crippen LogP contribution in [0.4, 0.5) is 5.69 Å². The van der Waals surface area contributed by atoms with Crippen LogP contribution in [0.25, 0.3) is 10.9 Å². The molecule has 1 aliphatic rings. The first kappa shape index (κ1) is 15.8. The Morgan fingerprint density at radius 2 is 2.12 bits per heavy atom. The lowest BCUT2D eigenvalue weighted by Gasteiger charge is -2.32. The molecule has 2 heterocycles. The van der Waals surface area contributed by atoms with Crippen LogP contribution < -0.4 is 10.1 Å². The monoisotopic (exact) mass is 334 g/mol. The molecule has 1 amide bonds. The molecular formula is C21H22N2O2. The number of anilines is 1. The normalized spacial score (nSPS) is 15.4. The molecule has 0 spiro atoms. The van der Waals surface area contributed by atoms with Crippen molar-refractivity contribution >= 4 is 22.5 Å². The number of carbonyl (C=O) groups is 1. The highest BCUT2D eigenvalue weighted by Gasteiger charge is 2.26. The number of nitrogens with one attached hydrogen (secondary N) is 2. The number of H-pyrrole nitrogens is 1. The van der Waals surface area contributed by atoms with Gasteiger partial charge in [-0.25, -0.2) is 0 Å². The molecule has 1 aliphatic heterocycles. The Kier molecular flexibility index (Phi) is 3.75. The fourth-order valence-corrected chi connectivity index (χ4v) is 3.40. The molecule has 128 valence electrons. The van der Waals surface area contributed by atoms with Crippen molar-refractivity contribution in [2.75, 3.05) is 5.32 Å². The highest BCUT2D eigenvalue weighted by atomic mass is 16.5. The number of benzene rings is 2. The van der Waals surface area contributed by atoms with Gasteiger partial charge in [0.15, 0.2) is 0 Å². The molecule has 25 heavy (non-hydrogen) atoms. The van der Waals surface area contributed by atoms with Crippen LogP contribution in [-0.2, 0) is 17.6 Å². The first-order valence-electron chi connectivity index (χ1n) is 8.67. The molecule has 2 aromatic carbocycles. The zero-order valence-corrected chi connectivity index (χ0v) is 14.6. The maximum absolute atomic E-state index is 12.5. The van der Waals surface area contributed by atoms with Crippen molar-refractivity contribution in [1.82, 2.24) is 4.98 Å². The van der Waals surface area contributed by atoms with E-state index < -0.39 is 0 Å². The van der Waals surface area contributed by atoms with E-state index in [0.717, 1.165) is 40.7 Å². The van der Waals surface area contributed by atoms with Gasteiger partial charge in [0.05, 0.1) is 12.1 Å². The predicted molar refractivity (Wildman–Crippen MR) is 100 cm³/mol. The van der Waals surface area contributed by atoms with Crippen molar-refractivity contribution in [2.45, 2.75) is 38.7 Å². The third-order valence-corrected chi connectivity index (χ3v) is 4.74. The molecule has 2 N–H and O–H groups in total. The zero-order valence-electron chi connectivity index (χ0n) is 14.6. The minimum Gasteiger partial charge on any atom is -0.488 e. The molecule has 0 unspecified atom stereocenters. The topological polar surface area (TPSA) is 54.1 Å². The van der Waals surface area contributed by atoms with E-state index in [9.17, 15) is 4.79 Å². The van der Waals surface area contributed by atoms with Gasteiger partial charge in [-0.1, -0.05) is 18.2 Å². The third kappa shape index (κ3) is 3.25. The van der Waals surface area contributed by atoms with Gasteiger partial charge in [0.2, 0.25) is 5.91 Å². The van der Waals surface area contributed by atoms with Crippen molar-refractivity contribution in [3.05, 3.63) is 59.8 Å². The second kappa shape index (κ2) is 5.96. The minimum absolute atomic E-state index is 0.00860.